The molecule has 0 saturated heterocycles. The van der Waals surface area contributed by atoms with Crippen LogP contribution in [0.25, 0.3) is 5.69 Å². The summed E-state index contributed by atoms with van der Waals surface area (Å²) in [5, 5.41) is 10.3. The summed E-state index contributed by atoms with van der Waals surface area (Å²) in [5.41, 5.74) is 4.84. The van der Waals surface area contributed by atoms with E-state index in [1.165, 1.54) is 21.6 Å². The number of para-hydroxylation sites is 1. The van der Waals surface area contributed by atoms with E-state index in [2.05, 4.69) is 131 Å². The Morgan fingerprint density at radius 2 is 1.24 bits per heavy atom. The molecule has 0 bridgehead atoms. The van der Waals surface area contributed by atoms with Crippen molar-refractivity contribution in [1.29, 1.82) is 0 Å². The van der Waals surface area contributed by atoms with Crippen LogP contribution in [0.4, 0.5) is 0 Å². The van der Waals surface area contributed by atoms with E-state index in [4.69, 9.17) is 0 Å². The molecule has 4 aromatic carbocycles. The quantitative estimate of drug-likeness (QED) is 0.213. The van der Waals surface area contributed by atoms with Gasteiger partial charge < -0.3 is 0 Å². The van der Waals surface area contributed by atoms with Crippen LogP contribution in [-0.2, 0) is 5.75 Å². The first kappa shape index (κ1) is 22.5. The van der Waals surface area contributed by atoms with Crippen molar-refractivity contribution in [3.63, 3.8) is 0 Å². The Morgan fingerprint density at radius 1 is 0.676 bits per heavy atom. The molecule has 5 aromatic rings. The van der Waals surface area contributed by atoms with Crippen LogP contribution in [0.2, 0.25) is 0 Å². The molecule has 1 heterocycles. The standard InChI is InChI=1S/C29H25N3S2/c1-22-17-19-26(20-18-22)33-21-27-30-31-29(32(27)25-15-9-4-10-16-25)34-28(23-11-5-2-6-12-23)24-13-7-3-8-14-24/h2-20,28H,21H2,1H3. The van der Waals surface area contributed by atoms with Crippen molar-refractivity contribution in [2.75, 3.05) is 0 Å². The molecule has 3 nitrogen and oxygen atoms in total. The van der Waals surface area contributed by atoms with E-state index in [-0.39, 0.29) is 5.25 Å². The van der Waals surface area contributed by atoms with Crippen LogP contribution >= 0.6 is 23.5 Å². The predicted molar refractivity (Wildman–Crippen MR) is 143 cm³/mol. The Labute approximate surface area is 209 Å². The lowest BCUT2D eigenvalue weighted by molar-refractivity contribution is 0.860. The highest BCUT2D eigenvalue weighted by Gasteiger charge is 2.22. The highest BCUT2D eigenvalue weighted by molar-refractivity contribution is 7.99. The number of aromatic nitrogens is 3. The molecule has 5 heteroatoms. The van der Waals surface area contributed by atoms with Gasteiger partial charge in [0.15, 0.2) is 5.16 Å². The zero-order valence-electron chi connectivity index (χ0n) is 18.9. The van der Waals surface area contributed by atoms with Crippen LogP contribution < -0.4 is 0 Å². The molecule has 0 aliphatic heterocycles. The maximum absolute atomic E-state index is 4.67. The Kier molecular flexibility index (Phi) is 7.13. The van der Waals surface area contributed by atoms with Gasteiger partial charge in [-0.1, -0.05) is 108 Å². The van der Waals surface area contributed by atoms with Crippen molar-refractivity contribution in [3.8, 4) is 5.69 Å². The van der Waals surface area contributed by atoms with Gasteiger partial charge >= 0.3 is 0 Å². The van der Waals surface area contributed by atoms with Crippen molar-refractivity contribution in [3.05, 3.63) is 138 Å². The number of hydrogen-bond donors (Lipinski definition) is 0. The van der Waals surface area contributed by atoms with Gasteiger partial charge in [-0.15, -0.1) is 22.0 Å². The second-order valence-corrected chi connectivity index (χ2v) is 10.1. The van der Waals surface area contributed by atoms with Crippen LogP contribution in [0.3, 0.4) is 0 Å². The van der Waals surface area contributed by atoms with Gasteiger partial charge in [0.2, 0.25) is 0 Å². The van der Waals surface area contributed by atoms with Crippen molar-refractivity contribution in [2.24, 2.45) is 0 Å². The maximum Gasteiger partial charge on any atom is 0.196 e. The maximum atomic E-state index is 4.67. The Morgan fingerprint density at radius 3 is 1.82 bits per heavy atom. The molecule has 168 valence electrons. The monoisotopic (exact) mass is 479 g/mol. The molecule has 0 N–H and O–H groups in total. The van der Waals surface area contributed by atoms with E-state index < -0.39 is 0 Å². The molecule has 5 rings (SSSR count). The average molecular weight is 480 g/mol. The van der Waals surface area contributed by atoms with E-state index in [9.17, 15) is 0 Å². The fourth-order valence-corrected chi connectivity index (χ4v) is 5.79. The first-order valence-corrected chi connectivity index (χ1v) is 13.1. The van der Waals surface area contributed by atoms with Gasteiger partial charge in [0.1, 0.15) is 5.82 Å². The normalized spacial score (nSPS) is 11.1. The highest BCUT2D eigenvalue weighted by atomic mass is 32.2. The molecule has 0 amide bonds. The fourth-order valence-electron chi connectivity index (χ4n) is 3.78. The van der Waals surface area contributed by atoms with E-state index in [1.807, 2.05) is 6.07 Å². The molecule has 0 spiro atoms. The zero-order chi connectivity index (χ0) is 23.2. The molecule has 34 heavy (non-hydrogen) atoms. The molecule has 1 aromatic heterocycles. The molecular formula is C29H25N3S2. The lowest BCUT2D eigenvalue weighted by Gasteiger charge is -2.18. The topological polar surface area (TPSA) is 30.7 Å². The SMILES string of the molecule is Cc1ccc(SCc2nnc(SC(c3ccccc3)c3ccccc3)n2-c2ccccc2)cc1. The minimum atomic E-state index is 0.117. The molecule has 0 unspecified atom stereocenters. The van der Waals surface area contributed by atoms with Crippen molar-refractivity contribution < 1.29 is 0 Å². The molecule has 0 aliphatic rings. The van der Waals surface area contributed by atoms with Crippen molar-refractivity contribution in [2.45, 2.75) is 28.0 Å². The van der Waals surface area contributed by atoms with E-state index in [0.29, 0.717) is 0 Å². The number of nitrogens with zero attached hydrogens (tertiary/aromatic N) is 3. The Bertz CT molecular complexity index is 1280. The number of benzene rings is 4. The Hall–Kier alpha value is -3.28. The average Bonchev–Trinajstić information content (AvgIpc) is 3.31. The van der Waals surface area contributed by atoms with Crippen LogP contribution in [0, 0.1) is 6.92 Å². The highest BCUT2D eigenvalue weighted by Crippen LogP contribution is 2.41. The third kappa shape index (κ3) is 5.27. The zero-order valence-corrected chi connectivity index (χ0v) is 20.5. The Balaban J connectivity index is 1.50. The predicted octanol–water partition coefficient (Wildman–Crippen LogP) is 7.75. The molecule has 0 aliphatic carbocycles. The summed E-state index contributed by atoms with van der Waals surface area (Å²) in [6.45, 7) is 2.11. The lowest BCUT2D eigenvalue weighted by atomic mass is 10.0. The van der Waals surface area contributed by atoms with Crippen LogP contribution in [-0.4, -0.2) is 14.8 Å². The molecular weight excluding hydrogens is 454 g/mol. The summed E-state index contributed by atoms with van der Waals surface area (Å²) in [6, 6.07) is 40.3. The number of rotatable bonds is 8. The molecule has 0 atom stereocenters. The fraction of sp³-hybridized carbons (Fsp3) is 0.103. The summed E-state index contributed by atoms with van der Waals surface area (Å²) >= 11 is 3.52. The number of hydrogen-bond acceptors (Lipinski definition) is 4. The summed E-state index contributed by atoms with van der Waals surface area (Å²) < 4.78 is 2.20. The van der Waals surface area contributed by atoms with Gasteiger partial charge in [0, 0.05) is 10.6 Å². The van der Waals surface area contributed by atoms with Gasteiger partial charge in [-0.25, -0.2) is 0 Å². The van der Waals surface area contributed by atoms with Gasteiger partial charge in [0.05, 0.1) is 11.0 Å². The second kappa shape index (κ2) is 10.8. The largest absolute Gasteiger partial charge is 0.273 e. The van der Waals surface area contributed by atoms with Gasteiger partial charge in [0.25, 0.3) is 0 Å². The van der Waals surface area contributed by atoms with Gasteiger partial charge in [-0.2, -0.15) is 0 Å². The van der Waals surface area contributed by atoms with Gasteiger partial charge in [-0.05, 0) is 42.3 Å². The smallest absolute Gasteiger partial charge is 0.196 e. The summed E-state index contributed by atoms with van der Waals surface area (Å²) in [6.07, 6.45) is 0. The first-order valence-electron chi connectivity index (χ1n) is 11.2. The van der Waals surface area contributed by atoms with Crippen LogP contribution in [0.5, 0.6) is 0 Å². The van der Waals surface area contributed by atoms with Crippen LogP contribution in [0.1, 0.15) is 27.8 Å². The summed E-state index contributed by atoms with van der Waals surface area (Å²) in [7, 11) is 0. The third-order valence-corrected chi connectivity index (χ3v) is 7.79. The molecule has 0 fully saturated rings. The van der Waals surface area contributed by atoms with E-state index >= 15 is 0 Å². The number of aryl methyl sites for hydroxylation is 1. The van der Waals surface area contributed by atoms with E-state index in [1.54, 1.807) is 23.5 Å². The first-order chi connectivity index (χ1) is 16.8. The summed E-state index contributed by atoms with van der Waals surface area (Å²) in [4.78, 5) is 1.23. The van der Waals surface area contributed by atoms with Crippen molar-refractivity contribution in [1.82, 2.24) is 14.8 Å². The third-order valence-electron chi connectivity index (χ3n) is 5.53. The lowest BCUT2D eigenvalue weighted by Crippen LogP contribution is -2.04. The number of thioether (sulfide) groups is 2. The minimum Gasteiger partial charge on any atom is -0.273 e. The van der Waals surface area contributed by atoms with Crippen molar-refractivity contribution >= 4 is 23.5 Å². The summed E-state index contributed by atoms with van der Waals surface area (Å²) in [5.74, 6) is 1.69. The van der Waals surface area contributed by atoms with Crippen LogP contribution in [0.15, 0.2) is 125 Å². The second-order valence-electron chi connectivity index (χ2n) is 7.99. The molecule has 0 saturated carbocycles. The van der Waals surface area contributed by atoms with Gasteiger partial charge in [-0.3, -0.25) is 4.57 Å². The minimum absolute atomic E-state index is 0.117. The van der Waals surface area contributed by atoms with E-state index in [0.717, 1.165) is 22.4 Å². The molecule has 0 radical (unpaired) electrons.